The first kappa shape index (κ1) is 10.1. The maximum atomic E-state index is 3.39. The van der Waals surface area contributed by atoms with Crippen LogP contribution >= 0.6 is 0 Å². The van der Waals surface area contributed by atoms with Crippen molar-refractivity contribution in [2.75, 3.05) is 32.7 Å². The van der Waals surface area contributed by atoms with Crippen LogP contribution in [0.1, 0.15) is 26.2 Å². The SMILES string of the molecule is CCN(C1CNC1)C1CCN(C2CC2)C1. The molecule has 2 heterocycles. The standard InChI is InChI=1S/C12H23N3/c1-2-15(12-7-13-8-12)11-5-6-14(9-11)10-3-4-10/h10-13H,2-9H2,1H3. The minimum atomic E-state index is 0.833. The Labute approximate surface area is 92.8 Å². The van der Waals surface area contributed by atoms with Gasteiger partial charge >= 0.3 is 0 Å². The van der Waals surface area contributed by atoms with Crippen molar-refractivity contribution in [1.29, 1.82) is 0 Å². The van der Waals surface area contributed by atoms with Crippen molar-refractivity contribution in [3.05, 3.63) is 0 Å². The van der Waals surface area contributed by atoms with Crippen LogP contribution < -0.4 is 5.32 Å². The Bertz CT molecular complexity index is 223. The average molecular weight is 209 g/mol. The summed E-state index contributed by atoms with van der Waals surface area (Å²) in [5.74, 6) is 0. The number of likely N-dealkylation sites (N-methyl/N-ethyl adjacent to an activating group) is 1. The van der Waals surface area contributed by atoms with Crippen molar-refractivity contribution in [2.24, 2.45) is 0 Å². The second-order valence-corrected chi connectivity index (χ2v) is 5.31. The van der Waals surface area contributed by atoms with Gasteiger partial charge in [-0.1, -0.05) is 6.92 Å². The zero-order chi connectivity index (χ0) is 10.3. The van der Waals surface area contributed by atoms with Gasteiger partial charge in [0.25, 0.3) is 0 Å². The molecular weight excluding hydrogens is 186 g/mol. The van der Waals surface area contributed by atoms with E-state index in [9.17, 15) is 0 Å². The van der Waals surface area contributed by atoms with Crippen LogP contribution in [0.4, 0.5) is 0 Å². The van der Waals surface area contributed by atoms with Gasteiger partial charge in [-0.05, 0) is 25.8 Å². The average Bonchev–Trinajstić information content (AvgIpc) is 2.91. The van der Waals surface area contributed by atoms with Crippen molar-refractivity contribution < 1.29 is 0 Å². The molecule has 0 spiro atoms. The lowest BCUT2D eigenvalue weighted by atomic mass is 10.1. The Kier molecular flexibility index (Phi) is 2.71. The highest BCUT2D eigenvalue weighted by Crippen LogP contribution is 2.31. The van der Waals surface area contributed by atoms with Crippen LogP contribution in [-0.4, -0.2) is 60.6 Å². The summed E-state index contributed by atoms with van der Waals surface area (Å²) in [5.41, 5.74) is 0. The molecule has 3 heteroatoms. The minimum absolute atomic E-state index is 0.833. The summed E-state index contributed by atoms with van der Waals surface area (Å²) >= 11 is 0. The van der Waals surface area contributed by atoms with E-state index in [0.29, 0.717) is 0 Å². The predicted molar refractivity (Wildman–Crippen MR) is 62.0 cm³/mol. The molecule has 3 nitrogen and oxygen atoms in total. The number of hydrogen-bond acceptors (Lipinski definition) is 3. The number of likely N-dealkylation sites (tertiary alicyclic amines) is 1. The van der Waals surface area contributed by atoms with Gasteiger partial charge in [-0.25, -0.2) is 0 Å². The second-order valence-electron chi connectivity index (χ2n) is 5.31. The van der Waals surface area contributed by atoms with Gasteiger partial charge in [0.1, 0.15) is 0 Å². The van der Waals surface area contributed by atoms with Gasteiger partial charge in [-0.15, -0.1) is 0 Å². The molecule has 1 atom stereocenters. The maximum absolute atomic E-state index is 3.39. The number of nitrogens with zero attached hydrogens (tertiary/aromatic N) is 2. The second kappa shape index (κ2) is 4.04. The van der Waals surface area contributed by atoms with E-state index in [2.05, 4.69) is 22.0 Å². The summed E-state index contributed by atoms with van der Waals surface area (Å²) in [5, 5.41) is 3.39. The summed E-state index contributed by atoms with van der Waals surface area (Å²) in [4.78, 5) is 5.46. The lowest BCUT2D eigenvalue weighted by molar-refractivity contribution is 0.103. The van der Waals surface area contributed by atoms with Crippen molar-refractivity contribution in [3.63, 3.8) is 0 Å². The van der Waals surface area contributed by atoms with Crippen LogP contribution in [0, 0.1) is 0 Å². The fourth-order valence-corrected chi connectivity index (χ4v) is 3.13. The highest BCUT2D eigenvalue weighted by Gasteiger charge is 2.38. The predicted octanol–water partition coefficient (Wildman–Crippen LogP) is 0.517. The summed E-state index contributed by atoms with van der Waals surface area (Å²) in [6, 6.07) is 2.65. The Balaban J connectivity index is 1.56. The van der Waals surface area contributed by atoms with E-state index in [1.807, 2.05) is 0 Å². The number of nitrogens with one attached hydrogen (secondary N) is 1. The van der Waals surface area contributed by atoms with Crippen LogP contribution in [0.2, 0.25) is 0 Å². The first-order chi connectivity index (χ1) is 7.38. The molecule has 0 radical (unpaired) electrons. The summed E-state index contributed by atoms with van der Waals surface area (Å²) in [6.07, 6.45) is 4.33. The van der Waals surface area contributed by atoms with Gasteiger partial charge in [0.2, 0.25) is 0 Å². The van der Waals surface area contributed by atoms with Gasteiger partial charge in [0, 0.05) is 44.3 Å². The third kappa shape index (κ3) is 1.93. The van der Waals surface area contributed by atoms with Crippen LogP contribution in [0.5, 0.6) is 0 Å². The fraction of sp³-hybridized carbons (Fsp3) is 1.00. The van der Waals surface area contributed by atoms with Crippen LogP contribution in [0.25, 0.3) is 0 Å². The van der Waals surface area contributed by atoms with Gasteiger partial charge < -0.3 is 5.32 Å². The molecule has 15 heavy (non-hydrogen) atoms. The molecule has 0 bridgehead atoms. The van der Waals surface area contributed by atoms with Gasteiger partial charge in [-0.3, -0.25) is 9.80 Å². The zero-order valence-corrected chi connectivity index (χ0v) is 9.78. The van der Waals surface area contributed by atoms with Crippen molar-refractivity contribution >= 4 is 0 Å². The van der Waals surface area contributed by atoms with Crippen molar-refractivity contribution in [3.8, 4) is 0 Å². The molecule has 3 rings (SSSR count). The Morgan fingerprint density at radius 1 is 1.20 bits per heavy atom. The van der Waals surface area contributed by atoms with E-state index in [4.69, 9.17) is 0 Å². The monoisotopic (exact) mass is 209 g/mol. The summed E-state index contributed by atoms with van der Waals surface area (Å²) in [7, 11) is 0. The highest BCUT2D eigenvalue weighted by molar-refractivity contribution is 4.96. The Hall–Kier alpha value is -0.120. The maximum Gasteiger partial charge on any atom is 0.0348 e. The smallest absolute Gasteiger partial charge is 0.0348 e. The first-order valence-electron chi connectivity index (χ1n) is 6.59. The third-order valence-electron chi connectivity index (χ3n) is 4.32. The van der Waals surface area contributed by atoms with Gasteiger partial charge in [0.05, 0.1) is 0 Å². The molecule has 0 amide bonds. The van der Waals surface area contributed by atoms with Crippen molar-refractivity contribution in [2.45, 2.75) is 44.3 Å². The molecule has 3 aliphatic rings. The van der Waals surface area contributed by atoms with Crippen molar-refractivity contribution in [1.82, 2.24) is 15.1 Å². The number of rotatable bonds is 4. The molecule has 1 N–H and O–H groups in total. The molecule has 2 aliphatic heterocycles. The largest absolute Gasteiger partial charge is 0.314 e. The van der Waals surface area contributed by atoms with Gasteiger partial charge in [0.15, 0.2) is 0 Å². The van der Waals surface area contributed by atoms with Crippen LogP contribution in [0.3, 0.4) is 0 Å². The fourth-order valence-electron chi connectivity index (χ4n) is 3.13. The molecule has 0 aromatic rings. The lowest BCUT2D eigenvalue weighted by Crippen LogP contribution is -2.60. The van der Waals surface area contributed by atoms with E-state index < -0.39 is 0 Å². The first-order valence-corrected chi connectivity index (χ1v) is 6.59. The molecule has 2 saturated heterocycles. The zero-order valence-electron chi connectivity index (χ0n) is 9.78. The molecule has 0 aromatic heterocycles. The van der Waals surface area contributed by atoms with Gasteiger partial charge in [-0.2, -0.15) is 0 Å². The van der Waals surface area contributed by atoms with E-state index in [-0.39, 0.29) is 0 Å². The number of hydrogen-bond donors (Lipinski definition) is 1. The third-order valence-corrected chi connectivity index (χ3v) is 4.32. The molecule has 3 fully saturated rings. The van der Waals surface area contributed by atoms with Crippen LogP contribution in [-0.2, 0) is 0 Å². The van der Waals surface area contributed by atoms with E-state index in [0.717, 1.165) is 18.1 Å². The summed E-state index contributed by atoms with van der Waals surface area (Å²) < 4.78 is 0. The van der Waals surface area contributed by atoms with E-state index in [1.54, 1.807) is 0 Å². The normalized spacial score (nSPS) is 33.6. The summed E-state index contributed by atoms with van der Waals surface area (Å²) in [6.45, 7) is 8.68. The minimum Gasteiger partial charge on any atom is -0.314 e. The molecule has 86 valence electrons. The topological polar surface area (TPSA) is 18.5 Å². The van der Waals surface area contributed by atoms with E-state index >= 15 is 0 Å². The highest BCUT2D eigenvalue weighted by atomic mass is 15.3. The molecular formula is C12H23N3. The Morgan fingerprint density at radius 3 is 2.53 bits per heavy atom. The molecule has 1 saturated carbocycles. The van der Waals surface area contributed by atoms with Crippen LogP contribution in [0.15, 0.2) is 0 Å². The quantitative estimate of drug-likeness (QED) is 0.728. The molecule has 1 unspecified atom stereocenters. The molecule has 1 aliphatic carbocycles. The van der Waals surface area contributed by atoms with E-state index in [1.165, 1.54) is 52.0 Å². The lowest BCUT2D eigenvalue weighted by Gasteiger charge is -2.41. The molecule has 0 aromatic carbocycles. The Morgan fingerprint density at radius 2 is 2.00 bits per heavy atom.